The van der Waals surface area contributed by atoms with Gasteiger partial charge in [0.05, 0.1) is 0 Å². The van der Waals surface area contributed by atoms with Gasteiger partial charge in [0.25, 0.3) is 0 Å². The normalized spacial score (nSPS) is 20.8. The smallest absolute Gasteiger partial charge is 0.224 e. The Balaban J connectivity index is 0.00000272. The van der Waals surface area contributed by atoms with Crippen molar-refractivity contribution in [3.63, 3.8) is 0 Å². The van der Waals surface area contributed by atoms with Gasteiger partial charge in [-0.2, -0.15) is 0 Å². The number of piperazine rings is 1. The maximum Gasteiger partial charge on any atom is 0.224 e. The van der Waals surface area contributed by atoms with Gasteiger partial charge in [0.2, 0.25) is 5.91 Å². The summed E-state index contributed by atoms with van der Waals surface area (Å²) in [6.45, 7) is 5.77. The van der Waals surface area contributed by atoms with Gasteiger partial charge in [0.15, 0.2) is 5.96 Å². The number of rotatable bonds is 4. The lowest BCUT2D eigenvalue weighted by Gasteiger charge is -2.36. The minimum atomic E-state index is -0.220. The fraction of sp³-hybridized carbons (Fsp3) is 0.652. The Labute approximate surface area is 202 Å². The minimum Gasteiger partial charge on any atom is -0.368 e. The molecule has 2 aliphatic heterocycles. The van der Waals surface area contributed by atoms with E-state index in [1.165, 1.54) is 44.2 Å². The van der Waals surface area contributed by atoms with E-state index in [2.05, 4.69) is 20.1 Å². The topological polar surface area (TPSA) is 51.2 Å². The largest absolute Gasteiger partial charge is 0.368 e. The van der Waals surface area contributed by atoms with Gasteiger partial charge in [-0.3, -0.25) is 9.79 Å². The molecule has 2 saturated heterocycles. The summed E-state index contributed by atoms with van der Waals surface area (Å²) in [5.74, 6) is 0.903. The third-order valence-corrected chi connectivity index (χ3v) is 7.06. The van der Waals surface area contributed by atoms with Gasteiger partial charge in [0, 0.05) is 65.0 Å². The molecule has 1 aromatic rings. The zero-order chi connectivity index (χ0) is 21.0. The molecule has 1 amide bonds. The highest BCUT2D eigenvalue weighted by molar-refractivity contribution is 14.0. The van der Waals surface area contributed by atoms with E-state index in [9.17, 15) is 9.18 Å². The van der Waals surface area contributed by atoms with E-state index in [-0.39, 0.29) is 35.7 Å². The number of aliphatic imine (C=N–C) groups is 1. The number of nitrogens with one attached hydrogen (secondary N) is 1. The molecule has 0 atom stereocenters. The molecule has 3 fully saturated rings. The van der Waals surface area contributed by atoms with Crippen molar-refractivity contribution in [3.05, 3.63) is 30.1 Å². The van der Waals surface area contributed by atoms with Gasteiger partial charge in [-0.05, 0) is 48.9 Å². The molecule has 0 bridgehead atoms. The van der Waals surface area contributed by atoms with E-state index in [4.69, 9.17) is 0 Å². The quantitative estimate of drug-likeness (QED) is 0.360. The SMILES string of the molecule is CN=C(NCCC(=O)N1CCN(c2ccc(F)cc2)CC1)N1CCC2(CCCC2)C1.I. The fourth-order valence-electron chi connectivity index (χ4n) is 5.29. The number of halogens is 2. The molecule has 172 valence electrons. The van der Waals surface area contributed by atoms with Crippen LogP contribution < -0.4 is 10.2 Å². The van der Waals surface area contributed by atoms with E-state index < -0.39 is 0 Å². The molecule has 1 spiro atoms. The summed E-state index contributed by atoms with van der Waals surface area (Å²) in [7, 11) is 1.83. The van der Waals surface area contributed by atoms with Crippen LogP contribution in [-0.4, -0.2) is 74.5 Å². The average Bonchev–Trinajstić information content (AvgIpc) is 3.41. The van der Waals surface area contributed by atoms with E-state index in [0.29, 0.717) is 31.5 Å². The van der Waals surface area contributed by atoms with Crippen LogP contribution in [0.4, 0.5) is 10.1 Å². The average molecular weight is 543 g/mol. The number of nitrogens with zero attached hydrogens (tertiary/aromatic N) is 4. The molecule has 3 aliphatic rings. The van der Waals surface area contributed by atoms with Crippen LogP contribution in [0, 0.1) is 11.2 Å². The van der Waals surface area contributed by atoms with Crippen molar-refractivity contribution in [2.75, 3.05) is 57.8 Å². The van der Waals surface area contributed by atoms with Crippen LogP contribution >= 0.6 is 24.0 Å². The zero-order valence-electron chi connectivity index (χ0n) is 18.5. The van der Waals surface area contributed by atoms with Crippen LogP contribution in [0.25, 0.3) is 0 Å². The first-order valence-corrected chi connectivity index (χ1v) is 11.3. The predicted octanol–water partition coefficient (Wildman–Crippen LogP) is 3.32. The standard InChI is InChI=1S/C23H34FN5O.HI/c1-25-22(29-13-11-23(18-29)9-2-3-10-23)26-12-8-21(30)28-16-14-27(15-17-28)20-6-4-19(24)5-7-20;/h4-7H,2-3,8-18H2,1H3,(H,25,26);1H. The number of likely N-dealkylation sites (tertiary alicyclic amines) is 1. The fourth-order valence-corrected chi connectivity index (χ4v) is 5.29. The van der Waals surface area contributed by atoms with Gasteiger partial charge in [0.1, 0.15) is 5.82 Å². The maximum absolute atomic E-state index is 13.1. The zero-order valence-corrected chi connectivity index (χ0v) is 20.8. The van der Waals surface area contributed by atoms with E-state index >= 15 is 0 Å². The molecule has 8 heteroatoms. The Bertz CT molecular complexity index is 758. The second-order valence-corrected chi connectivity index (χ2v) is 8.95. The molecular weight excluding hydrogens is 508 g/mol. The van der Waals surface area contributed by atoms with Crippen molar-refractivity contribution in [3.8, 4) is 0 Å². The summed E-state index contributed by atoms with van der Waals surface area (Å²) >= 11 is 0. The third-order valence-electron chi connectivity index (χ3n) is 7.06. The second kappa shape index (κ2) is 10.8. The molecule has 6 nitrogen and oxygen atoms in total. The number of anilines is 1. The van der Waals surface area contributed by atoms with E-state index in [0.717, 1.165) is 37.8 Å². The first-order chi connectivity index (χ1) is 14.6. The van der Waals surface area contributed by atoms with Gasteiger partial charge in [-0.25, -0.2) is 4.39 Å². The molecule has 0 radical (unpaired) electrons. The Morgan fingerprint density at radius 2 is 1.71 bits per heavy atom. The van der Waals surface area contributed by atoms with Crippen LogP contribution in [0.1, 0.15) is 38.5 Å². The van der Waals surface area contributed by atoms with Crippen molar-refractivity contribution in [1.29, 1.82) is 0 Å². The van der Waals surface area contributed by atoms with Crippen molar-refractivity contribution >= 4 is 41.5 Å². The summed E-state index contributed by atoms with van der Waals surface area (Å²) in [4.78, 5) is 23.6. The number of amides is 1. The molecule has 1 saturated carbocycles. The highest BCUT2D eigenvalue weighted by Crippen LogP contribution is 2.45. The summed E-state index contributed by atoms with van der Waals surface area (Å²) in [6, 6.07) is 6.58. The van der Waals surface area contributed by atoms with Gasteiger partial charge in [-0.15, -0.1) is 24.0 Å². The minimum absolute atomic E-state index is 0. The summed E-state index contributed by atoms with van der Waals surface area (Å²) in [6.07, 6.45) is 7.18. The van der Waals surface area contributed by atoms with Crippen molar-refractivity contribution in [2.24, 2.45) is 10.4 Å². The lowest BCUT2D eigenvalue weighted by molar-refractivity contribution is -0.131. The molecule has 4 rings (SSSR count). The third kappa shape index (κ3) is 5.81. The molecule has 0 aromatic heterocycles. The van der Waals surface area contributed by atoms with Crippen LogP contribution in [0.3, 0.4) is 0 Å². The number of carbonyl (C=O) groups is 1. The molecule has 0 unspecified atom stereocenters. The van der Waals surface area contributed by atoms with Crippen LogP contribution in [0.2, 0.25) is 0 Å². The molecule has 31 heavy (non-hydrogen) atoms. The highest BCUT2D eigenvalue weighted by atomic mass is 127. The predicted molar refractivity (Wildman–Crippen MR) is 134 cm³/mol. The van der Waals surface area contributed by atoms with Gasteiger partial charge >= 0.3 is 0 Å². The van der Waals surface area contributed by atoms with E-state index in [1.54, 1.807) is 12.1 Å². The molecule has 1 aromatic carbocycles. The second-order valence-electron chi connectivity index (χ2n) is 8.95. The maximum atomic E-state index is 13.1. The first-order valence-electron chi connectivity index (χ1n) is 11.3. The molecule has 1 N–H and O–H groups in total. The highest BCUT2D eigenvalue weighted by Gasteiger charge is 2.41. The van der Waals surface area contributed by atoms with Gasteiger partial charge in [-0.1, -0.05) is 12.8 Å². The van der Waals surface area contributed by atoms with Crippen LogP contribution in [-0.2, 0) is 4.79 Å². The number of hydrogen-bond acceptors (Lipinski definition) is 3. The Morgan fingerprint density at radius 3 is 2.35 bits per heavy atom. The summed E-state index contributed by atoms with van der Waals surface area (Å²) in [5.41, 5.74) is 1.53. The molecule has 2 heterocycles. The Kier molecular flexibility index (Phi) is 8.41. The molecule has 1 aliphatic carbocycles. The first kappa shape index (κ1) is 24.1. The number of carbonyl (C=O) groups excluding carboxylic acids is 1. The monoisotopic (exact) mass is 543 g/mol. The number of guanidine groups is 1. The summed E-state index contributed by atoms with van der Waals surface area (Å²) in [5, 5.41) is 3.41. The lowest BCUT2D eigenvalue weighted by Crippen LogP contribution is -2.49. The Hall–Kier alpha value is -1.58. The van der Waals surface area contributed by atoms with Crippen LogP contribution in [0.5, 0.6) is 0 Å². The Morgan fingerprint density at radius 1 is 1.03 bits per heavy atom. The number of benzene rings is 1. The van der Waals surface area contributed by atoms with Crippen molar-refractivity contribution < 1.29 is 9.18 Å². The van der Waals surface area contributed by atoms with Gasteiger partial charge < -0.3 is 20.0 Å². The summed E-state index contributed by atoms with van der Waals surface area (Å²) < 4.78 is 13.1. The van der Waals surface area contributed by atoms with Crippen LogP contribution in [0.15, 0.2) is 29.3 Å². The van der Waals surface area contributed by atoms with E-state index in [1.807, 2.05) is 11.9 Å². The van der Waals surface area contributed by atoms with Crippen molar-refractivity contribution in [2.45, 2.75) is 38.5 Å². The molecular formula is C23H35FIN5O. The lowest BCUT2D eigenvalue weighted by atomic mass is 9.86. The number of hydrogen-bond donors (Lipinski definition) is 1. The van der Waals surface area contributed by atoms with Crippen molar-refractivity contribution in [1.82, 2.24) is 15.1 Å².